The molecule has 0 fully saturated rings. The number of hydrogen-bond acceptors (Lipinski definition) is 7. The first-order valence-electron chi connectivity index (χ1n) is 7.82. The number of pyridine rings is 1. The maximum absolute atomic E-state index is 12.3. The monoisotopic (exact) mass is 382 g/mol. The molecule has 1 amide bonds. The van der Waals surface area contributed by atoms with Crippen LogP contribution in [0.25, 0.3) is 20.9 Å². The quantitative estimate of drug-likeness (QED) is 0.564. The number of ether oxygens (including phenoxy) is 1. The summed E-state index contributed by atoms with van der Waals surface area (Å²) in [5.41, 5.74) is 2.27. The number of anilines is 1. The highest BCUT2D eigenvalue weighted by Gasteiger charge is 2.13. The summed E-state index contributed by atoms with van der Waals surface area (Å²) in [5, 5.41) is 6.08. The minimum absolute atomic E-state index is 0.152. The number of aromatic nitrogens is 3. The van der Waals surface area contributed by atoms with Gasteiger partial charge in [0.25, 0.3) is 0 Å². The number of amides is 1. The van der Waals surface area contributed by atoms with Crippen LogP contribution >= 0.6 is 22.7 Å². The van der Waals surface area contributed by atoms with Crippen LogP contribution in [-0.2, 0) is 11.2 Å². The van der Waals surface area contributed by atoms with Crippen molar-refractivity contribution >= 4 is 43.9 Å². The first kappa shape index (κ1) is 16.6. The predicted octanol–water partition coefficient (Wildman–Crippen LogP) is 4.00. The molecule has 0 radical (unpaired) electrons. The fourth-order valence-electron chi connectivity index (χ4n) is 2.46. The summed E-state index contributed by atoms with van der Waals surface area (Å²) in [6.45, 7) is 0. The van der Waals surface area contributed by atoms with Crippen molar-refractivity contribution in [1.82, 2.24) is 15.0 Å². The molecule has 6 nitrogen and oxygen atoms in total. The molecule has 4 rings (SSSR count). The van der Waals surface area contributed by atoms with Gasteiger partial charge in [-0.15, -0.1) is 11.3 Å². The highest BCUT2D eigenvalue weighted by molar-refractivity contribution is 7.22. The van der Waals surface area contributed by atoms with Gasteiger partial charge in [0.1, 0.15) is 16.3 Å². The Morgan fingerprint density at radius 1 is 1.19 bits per heavy atom. The van der Waals surface area contributed by atoms with Crippen LogP contribution in [0.2, 0.25) is 0 Å². The molecule has 130 valence electrons. The second kappa shape index (κ2) is 7.19. The molecule has 0 unspecified atom stereocenters. The Morgan fingerprint density at radius 3 is 2.92 bits per heavy atom. The molecule has 0 saturated carbocycles. The maximum atomic E-state index is 12.3. The van der Waals surface area contributed by atoms with Crippen LogP contribution in [0, 0.1) is 0 Å². The van der Waals surface area contributed by atoms with Crippen molar-refractivity contribution in [2.24, 2.45) is 0 Å². The van der Waals surface area contributed by atoms with Gasteiger partial charge in [-0.25, -0.2) is 9.97 Å². The standard InChI is InChI=1S/C18H14N4O2S2/c1-24-13-6-4-7-14-16(13)22-18(26-14)21-15(23)9-11-10-25-17(20-11)12-5-2-3-8-19-12/h2-8,10H,9H2,1H3,(H,21,22,23). The van der Waals surface area contributed by atoms with Gasteiger partial charge < -0.3 is 10.1 Å². The number of thiazole rings is 2. The van der Waals surface area contributed by atoms with Gasteiger partial charge in [0.05, 0.1) is 29.6 Å². The molecule has 4 aromatic rings. The van der Waals surface area contributed by atoms with E-state index < -0.39 is 0 Å². The Hall–Kier alpha value is -2.84. The number of para-hydroxylation sites is 1. The molecule has 0 saturated heterocycles. The maximum Gasteiger partial charge on any atom is 0.232 e. The number of benzene rings is 1. The second-order valence-corrected chi connectivity index (χ2v) is 7.30. The number of methoxy groups -OCH3 is 1. The average molecular weight is 382 g/mol. The van der Waals surface area contributed by atoms with E-state index in [0.717, 1.165) is 20.9 Å². The third kappa shape index (κ3) is 3.42. The molecule has 3 heterocycles. The van der Waals surface area contributed by atoms with E-state index in [2.05, 4.69) is 20.3 Å². The molecule has 1 aromatic carbocycles. The fourth-order valence-corrected chi connectivity index (χ4v) is 4.16. The number of rotatable bonds is 5. The molecule has 0 atom stereocenters. The fraction of sp³-hybridized carbons (Fsp3) is 0.111. The molecule has 3 aromatic heterocycles. The SMILES string of the molecule is COc1cccc2sc(NC(=O)Cc3csc(-c4ccccn4)n3)nc12. The Labute approximate surface area is 157 Å². The summed E-state index contributed by atoms with van der Waals surface area (Å²) >= 11 is 2.89. The van der Waals surface area contributed by atoms with Crippen molar-refractivity contribution in [2.45, 2.75) is 6.42 Å². The van der Waals surface area contributed by atoms with Crippen molar-refractivity contribution in [3.05, 3.63) is 53.7 Å². The summed E-state index contributed by atoms with van der Waals surface area (Å²) in [6.07, 6.45) is 1.92. The summed E-state index contributed by atoms with van der Waals surface area (Å²) in [4.78, 5) is 25.6. The molecule has 0 aliphatic heterocycles. The van der Waals surface area contributed by atoms with Gasteiger partial charge >= 0.3 is 0 Å². The van der Waals surface area contributed by atoms with E-state index in [1.807, 2.05) is 41.8 Å². The molecule has 0 aliphatic rings. The van der Waals surface area contributed by atoms with E-state index in [0.29, 0.717) is 16.6 Å². The topological polar surface area (TPSA) is 77.0 Å². The van der Waals surface area contributed by atoms with Crippen molar-refractivity contribution < 1.29 is 9.53 Å². The largest absolute Gasteiger partial charge is 0.494 e. The molecule has 0 spiro atoms. The van der Waals surface area contributed by atoms with Crippen molar-refractivity contribution in [3.63, 3.8) is 0 Å². The highest BCUT2D eigenvalue weighted by atomic mass is 32.1. The minimum atomic E-state index is -0.152. The van der Waals surface area contributed by atoms with E-state index >= 15 is 0 Å². The summed E-state index contributed by atoms with van der Waals surface area (Å²) in [7, 11) is 1.60. The molecule has 1 N–H and O–H groups in total. The predicted molar refractivity (Wildman–Crippen MR) is 104 cm³/mol. The van der Waals surface area contributed by atoms with Crippen molar-refractivity contribution in [2.75, 3.05) is 12.4 Å². The number of nitrogens with one attached hydrogen (secondary N) is 1. The van der Waals surface area contributed by atoms with E-state index in [4.69, 9.17) is 4.74 Å². The average Bonchev–Trinajstić information content (AvgIpc) is 3.28. The van der Waals surface area contributed by atoms with Gasteiger partial charge in [-0.1, -0.05) is 23.5 Å². The Bertz CT molecular complexity index is 1060. The number of nitrogens with zero attached hydrogens (tertiary/aromatic N) is 3. The number of carbonyl (C=O) groups excluding carboxylic acids is 1. The number of carbonyl (C=O) groups is 1. The lowest BCUT2D eigenvalue weighted by molar-refractivity contribution is -0.115. The first-order chi connectivity index (χ1) is 12.7. The van der Waals surface area contributed by atoms with E-state index in [9.17, 15) is 4.79 Å². The van der Waals surface area contributed by atoms with Gasteiger partial charge in [-0.05, 0) is 24.3 Å². The normalized spacial score (nSPS) is 10.8. The zero-order chi connectivity index (χ0) is 17.9. The zero-order valence-electron chi connectivity index (χ0n) is 13.8. The van der Waals surface area contributed by atoms with E-state index in [1.165, 1.54) is 22.7 Å². The van der Waals surface area contributed by atoms with Crippen LogP contribution < -0.4 is 10.1 Å². The first-order valence-corrected chi connectivity index (χ1v) is 9.52. The van der Waals surface area contributed by atoms with Crippen molar-refractivity contribution in [3.8, 4) is 16.5 Å². The third-order valence-corrected chi connectivity index (χ3v) is 5.48. The Balaban J connectivity index is 1.47. The molecule has 8 heteroatoms. The molecule has 0 bridgehead atoms. The third-order valence-electron chi connectivity index (χ3n) is 3.63. The van der Waals surface area contributed by atoms with E-state index in [-0.39, 0.29) is 12.3 Å². The highest BCUT2D eigenvalue weighted by Crippen LogP contribution is 2.32. The van der Waals surface area contributed by atoms with Gasteiger partial charge in [-0.2, -0.15) is 0 Å². The molecular formula is C18H14N4O2S2. The molecule has 0 aliphatic carbocycles. The summed E-state index contributed by atoms with van der Waals surface area (Å²) < 4.78 is 6.27. The zero-order valence-corrected chi connectivity index (χ0v) is 15.4. The number of hydrogen-bond donors (Lipinski definition) is 1. The minimum Gasteiger partial charge on any atom is -0.494 e. The van der Waals surface area contributed by atoms with Gasteiger partial charge in [0.2, 0.25) is 5.91 Å². The van der Waals surface area contributed by atoms with Gasteiger partial charge in [-0.3, -0.25) is 9.78 Å². The lowest BCUT2D eigenvalue weighted by Gasteiger charge is -1.99. The lowest BCUT2D eigenvalue weighted by atomic mass is 10.3. The number of fused-ring (bicyclic) bond motifs is 1. The van der Waals surface area contributed by atoms with Crippen LogP contribution in [-0.4, -0.2) is 28.0 Å². The Kier molecular flexibility index (Phi) is 4.59. The van der Waals surface area contributed by atoms with Gasteiger partial charge in [0, 0.05) is 11.6 Å². The molecular weight excluding hydrogens is 368 g/mol. The van der Waals surface area contributed by atoms with Crippen LogP contribution in [0.4, 0.5) is 5.13 Å². The second-order valence-electron chi connectivity index (χ2n) is 5.41. The van der Waals surface area contributed by atoms with Crippen LogP contribution in [0.15, 0.2) is 48.0 Å². The summed E-state index contributed by atoms with van der Waals surface area (Å²) in [5.74, 6) is 0.541. The summed E-state index contributed by atoms with van der Waals surface area (Å²) in [6, 6.07) is 11.4. The van der Waals surface area contributed by atoms with Crippen LogP contribution in [0.5, 0.6) is 5.75 Å². The van der Waals surface area contributed by atoms with Crippen LogP contribution in [0.1, 0.15) is 5.69 Å². The van der Waals surface area contributed by atoms with Crippen molar-refractivity contribution in [1.29, 1.82) is 0 Å². The lowest BCUT2D eigenvalue weighted by Crippen LogP contribution is -2.14. The molecule has 26 heavy (non-hydrogen) atoms. The smallest absolute Gasteiger partial charge is 0.232 e. The van der Waals surface area contributed by atoms with Crippen LogP contribution in [0.3, 0.4) is 0 Å². The Morgan fingerprint density at radius 2 is 2.12 bits per heavy atom. The van der Waals surface area contributed by atoms with Gasteiger partial charge in [0.15, 0.2) is 5.13 Å². The van der Waals surface area contributed by atoms with E-state index in [1.54, 1.807) is 13.3 Å².